The second kappa shape index (κ2) is 11.0. The molecule has 0 spiro atoms. The van der Waals surface area contributed by atoms with Gasteiger partial charge in [0.05, 0.1) is 18.4 Å². The Morgan fingerprint density at radius 2 is 2.18 bits per heavy atom. The maximum Gasteiger partial charge on any atom is 0.246 e. The van der Waals surface area contributed by atoms with Crippen molar-refractivity contribution in [2.75, 3.05) is 57.3 Å². The van der Waals surface area contributed by atoms with Gasteiger partial charge in [0.25, 0.3) is 0 Å². The quantitative estimate of drug-likeness (QED) is 0.374. The van der Waals surface area contributed by atoms with Crippen LogP contribution in [0.3, 0.4) is 0 Å². The first-order chi connectivity index (χ1) is 13.1. The predicted molar refractivity (Wildman–Crippen MR) is 123 cm³/mol. The van der Waals surface area contributed by atoms with E-state index in [1.165, 1.54) is 25.9 Å². The van der Waals surface area contributed by atoms with E-state index >= 15 is 0 Å². The number of carbonyl (C=O) groups is 1. The molecule has 0 aliphatic carbocycles. The molecule has 28 heavy (non-hydrogen) atoms. The number of piperazine rings is 1. The maximum atomic E-state index is 12.6. The fourth-order valence-corrected chi connectivity index (χ4v) is 3.89. The van der Waals surface area contributed by atoms with Crippen LogP contribution in [0.2, 0.25) is 0 Å². The lowest BCUT2D eigenvalue weighted by molar-refractivity contribution is -0.120. The molecule has 1 amide bonds. The molecule has 2 aliphatic rings. The van der Waals surface area contributed by atoms with Crippen molar-refractivity contribution in [3.63, 3.8) is 0 Å². The number of hydrogen-bond acceptors (Lipinski definition) is 4. The summed E-state index contributed by atoms with van der Waals surface area (Å²) in [5.41, 5.74) is 0.864. The van der Waals surface area contributed by atoms with E-state index in [1.807, 2.05) is 18.1 Å². The minimum atomic E-state index is 0. The largest absolute Gasteiger partial charge is 0.357 e. The summed E-state index contributed by atoms with van der Waals surface area (Å²) < 4.78 is 1.72. The van der Waals surface area contributed by atoms with Crippen molar-refractivity contribution in [3.8, 4) is 0 Å². The fourth-order valence-electron chi connectivity index (χ4n) is 3.89. The molecule has 3 heterocycles. The second-order valence-electron chi connectivity index (χ2n) is 7.62. The van der Waals surface area contributed by atoms with E-state index in [2.05, 4.69) is 34.1 Å². The number of nitrogens with one attached hydrogen (secondary N) is 1. The minimum Gasteiger partial charge on any atom is -0.357 e. The monoisotopic (exact) mass is 503 g/mol. The first-order valence-corrected chi connectivity index (χ1v) is 10.1. The Balaban J connectivity index is 0.00000280. The molecule has 1 atom stereocenters. The van der Waals surface area contributed by atoms with Crippen molar-refractivity contribution >= 4 is 41.5 Å². The highest BCUT2D eigenvalue weighted by Crippen LogP contribution is 2.16. The van der Waals surface area contributed by atoms with Gasteiger partial charge in [0.2, 0.25) is 5.91 Å². The van der Waals surface area contributed by atoms with Crippen LogP contribution in [-0.4, -0.2) is 83.8 Å². The van der Waals surface area contributed by atoms with Gasteiger partial charge in [0.15, 0.2) is 5.96 Å². The Bertz CT molecular complexity index is 662. The first kappa shape index (κ1) is 22.9. The summed E-state index contributed by atoms with van der Waals surface area (Å²) in [6.07, 6.45) is 6.25. The summed E-state index contributed by atoms with van der Waals surface area (Å²) >= 11 is 0. The van der Waals surface area contributed by atoms with Gasteiger partial charge in [-0.15, -0.1) is 24.0 Å². The molecule has 2 aliphatic heterocycles. The van der Waals surface area contributed by atoms with E-state index in [4.69, 9.17) is 4.99 Å². The zero-order valence-corrected chi connectivity index (χ0v) is 19.6. The van der Waals surface area contributed by atoms with Crippen LogP contribution in [-0.2, 0) is 11.8 Å². The van der Waals surface area contributed by atoms with Crippen LogP contribution in [0.5, 0.6) is 0 Å². The van der Waals surface area contributed by atoms with Gasteiger partial charge in [-0.3, -0.25) is 14.5 Å². The standard InChI is InChI=1S/C19H33N7O.HI/c1-4-20-19(21-7-9-24-8-5-6-16(2)13-24)25-10-11-26(18(27)15-25)17-12-22-23(3)14-17;/h12,14,16H,4-11,13,15H2,1-3H3,(H,20,21);1H. The molecule has 1 N–H and O–H groups in total. The van der Waals surface area contributed by atoms with Gasteiger partial charge in [0.1, 0.15) is 6.54 Å². The normalized spacial score (nSPS) is 21.6. The van der Waals surface area contributed by atoms with Crippen LogP contribution in [0.4, 0.5) is 5.69 Å². The van der Waals surface area contributed by atoms with Gasteiger partial charge in [-0.2, -0.15) is 5.10 Å². The Morgan fingerprint density at radius 3 is 2.82 bits per heavy atom. The SMILES string of the molecule is CCNC(=NCCN1CCCC(C)C1)N1CCN(c2cnn(C)c2)C(=O)C1.I. The third kappa shape index (κ3) is 6.07. The third-order valence-electron chi connectivity index (χ3n) is 5.28. The number of halogens is 1. The summed E-state index contributed by atoms with van der Waals surface area (Å²) in [6.45, 7) is 11.1. The molecule has 2 saturated heterocycles. The lowest BCUT2D eigenvalue weighted by Gasteiger charge is -2.35. The molecule has 3 rings (SSSR count). The fraction of sp³-hybridized carbons (Fsp3) is 0.737. The number of aliphatic imine (C=N–C) groups is 1. The van der Waals surface area contributed by atoms with E-state index < -0.39 is 0 Å². The molecule has 0 radical (unpaired) electrons. The van der Waals surface area contributed by atoms with E-state index in [0.29, 0.717) is 13.1 Å². The molecule has 1 aromatic rings. The number of nitrogens with zero attached hydrogens (tertiary/aromatic N) is 6. The number of piperidine rings is 1. The zero-order valence-electron chi connectivity index (χ0n) is 17.3. The molecule has 0 saturated carbocycles. The lowest BCUT2D eigenvalue weighted by atomic mass is 10.0. The molecule has 0 bridgehead atoms. The number of anilines is 1. The number of aryl methyl sites for hydroxylation is 1. The highest BCUT2D eigenvalue weighted by Gasteiger charge is 2.27. The summed E-state index contributed by atoms with van der Waals surface area (Å²) in [7, 11) is 1.86. The number of likely N-dealkylation sites (tertiary alicyclic amines) is 1. The average Bonchev–Trinajstić information content (AvgIpc) is 3.07. The summed E-state index contributed by atoms with van der Waals surface area (Å²) in [5.74, 6) is 1.72. The van der Waals surface area contributed by atoms with Gasteiger partial charge in [-0.25, -0.2) is 0 Å². The molecule has 8 nitrogen and oxygen atoms in total. The van der Waals surface area contributed by atoms with Crippen molar-refractivity contribution in [1.29, 1.82) is 0 Å². The molecule has 1 unspecified atom stereocenters. The predicted octanol–water partition coefficient (Wildman–Crippen LogP) is 1.38. The number of aromatic nitrogens is 2. The van der Waals surface area contributed by atoms with E-state index in [1.54, 1.807) is 10.9 Å². The number of rotatable bonds is 5. The Kier molecular flexibility index (Phi) is 9.00. The van der Waals surface area contributed by atoms with Crippen LogP contribution in [0.25, 0.3) is 0 Å². The molecule has 158 valence electrons. The second-order valence-corrected chi connectivity index (χ2v) is 7.62. The van der Waals surface area contributed by atoms with Crippen molar-refractivity contribution in [2.45, 2.75) is 26.7 Å². The van der Waals surface area contributed by atoms with Gasteiger partial charge in [0, 0.05) is 46.0 Å². The molecular formula is C19H34IN7O. The van der Waals surface area contributed by atoms with Gasteiger partial charge in [-0.1, -0.05) is 6.92 Å². The summed E-state index contributed by atoms with van der Waals surface area (Å²) in [5, 5.41) is 7.52. The highest BCUT2D eigenvalue weighted by atomic mass is 127. The maximum absolute atomic E-state index is 12.6. The number of amides is 1. The van der Waals surface area contributed by atoms with Crippen LogP contribution in [0.1, 0.15) is 26.7 Å². The number of guanidine groups is 1. The van der Waals surface area contributed by atoms with Gasteiger partial charge < -0.3 is 20.0 Å². The Labute approximate surface area is 185 Å². The van der Waals surface area contributed by atoms with Crippen molar-refractivity contribution < 1.29 is 4.79 Å². The third-order valence-corrected chi connectivity index (χ3v) is 5.28. The Hall–Kier alpha value is -1.36. The minimum absolute atomic E-state index is 0. The average molecular weight is 503 g/mol. The van der Waals surface area contributed by atoms with Crippen LogP contribution in [0, 0.1) is 5.92 Å². The zero-order chi connectivity index (χ0) is 19.2. The summed E-state index contributed by atoms with van der Waals surface area (Å²) in [4.78, 5) is 23.8. The van der Waals surface area contributed by atoms with Gasteiger partial charge >= 0.3 is 0 Å². The van der Waals surface area contributed by atoms with Crippen molar-refractivity contribution in [3.05, 3.63) is 12.4 Å². The van der Waals surface area contributed by atoms with Crippen molar-refractivity contribution in [1.82, 2.24) is 24.9 Å². The molecule has 1 aromatic heterocycles. The molecular weight excluding hydrogens is 469 g/mol. The first-order valence-electron chi connectivity index (χ1n) is 10.1. The van der Waals surface area contributed by atoms with Crippen molar-refractivity contribution in [2.24, 2.45) is 18.0 Å². The van der Waals surface area contributed by atoms with Crippen LogP contribution in [0.15, 0.2) is 17.4 Å². The van der Waals surface area contributed by atoms with Gasteiger partial charge in [-0.05, 0) is 32.2 Å². The van der Waals surface area contributed by atoms with E-state index in [9.17, 15) is 4.79 Å². The van der Waals surface area contributed by atoms with E-state index in [-0.39, 0.29) is 29.9 Å². The van der Waals surface area contributed by atoms with Crippen LogP contribution >= 0.6 is 24.0 Å². The number of hydrogen-bond donors (Lipinski definition) is 1. The molecule has 9 heteroatoms. The Morgan fingerprint density at radius 1 is 1.36 bits per heavy atom. The molecule has 2 fully saturated rings. The highest BCUT2D eigenvalue weighted by molar-refractivity contribution is 14.0. The summed E-state index contributed by atoms with van der Waals surface area (Å²) in [6, 6.07) is 0. The van der Waals surface area contributed by atoms with Crippen LogP contribution < -0.4 is 10.2 Å². The smallest absolute Gasteiger partial charge is 0.246 e. The molecule has 0 aromatic carbocycles. The lowest BCUT2D eigenvalue weighted by Crippen LogP contribution is -2.55. The topological polar surface area (TPSA) is 69.0 Å². The number of carbonyl (C=O) groups excluding carboxylic acids is 1. The van der Waals surface area contributed by atoms with E-state index in [0.717, 1.165) is 43.7 Å².